The molecule has 27 heavy (non-hydrogen) atoms. The maximum atomic E-state index is 10.1. The van der Waals surface area contributed by atoms with E-state index < -0.39 is 9.21 Å². The highest BCUT2D eigenvalue weighted by atomic mass is 35.6. The number of benzene rings is 2. The minimum absolute atomic E-state index is 0.0195. The van der Waals surface area contributed by atoms with E-state index in [2.05, 4.69) is 16.0 Å². The van der Waals surface area contributed by atoms with Crippen molar-refractivity contribution in [2.45, 2.75) is 15.6 Å². The van der Waals surface area contributed by atoms with Crippen LogP contribution in [0.1, 0.15) is 23.4 Å². The molecule has 0 spiro atoms. The maximum absolute atomic E-state index is 10.1. The highest BCUT2D eigenvalue weighted by Gasteiger charge is 2.34. The van der Waals surface area contributed by atoms with Crippen molar-refractivity contribution in [1.29, 1.82) is 5.26 Å². The molecule has 0 radical (unpaired) electrons. The SMILES string of the molecule is N#CC(CCN=c1nc(C(Cl)(Cl)Cl)os1)(c1ccccc1)c1ccccc1. The molecule has 4 nitrogen and oxygen atoms in total. The molecule has 1 aromatic heterocycles. The van der Waals surface area contributed by atoms with Gasteiger partial charge in [-0.1, -0.05) is 95.5 Å². The molecule has 0 saturated heterocycles. The zero-order chi connectivity index (χ0) is 19.3. The summed E-state index contributed by atoms with van der Waals surface area (Å²) in [6.45, 7) is 0.361. The van der Waals surface area contributed by atoms with Crippen LogP contribution in [0.3, 0.4) is 0 Å². The van der Waals surface area contributed by atoms with Crippen molar-refractivity contribution < 1.29 is 3.85 Å². The Hall–Kier alpha value is -1.84. The third kappa shape index (κ3) is 4.53. The summed E-state index contributed by atoms with van der Waals surface area (Å²) < 4.78 is 3.46. The number of hydrogen-bond donors (Lipinski definition) is 0. The summed E-state index contributed by atoms with van der Waals surface area (Å²) in [6.07, 6.45) is 0.472. The van der Waals surface area contributed by atoms with E-state index in [4.69, 9.17) is 38.7 Å². The predicted octanol–water partition coefficient (Wildman–Crippen LogP) is 5.36. The molecule has 3 rings (SSSR count). The quantitative estimate of drug-likeness (QED) is 0.503. The highest BCUT2D eigenvalue weighted by Crippen LogP contribution is 2.37. The number of alkyl halides is 3. The molecule has 138 valence electrons. The van der Waals surface area contributed by atoms with Gasteiger partial charge in [-0.25, -0.2) is 0 Å². The van der Waals surface area contributed by atoms with E-state index >= 15 is 0 Å². The molecule has 0 N–H and O–H groups in total. The first kappa shape index (κ1) is 19.9. The molecule has 8 heteroatoms. The first-order valence-corrected chi connectivity index (χ1v) is 9.90. The van der Waals surface area contributed by atoms with Gasteiger partial charge in [-0.3, -0.25) is 4.99 Å². The van der Waals surface area contributed by atoms with E-state index in [-0.39, 0.29) is 5.89 Å². The predicted molar refractivity (Wildman–Crippen MR) is 108 cm³/mol. The van der Waals surface area contributed by atoms with E-state index in [0.717, 1.165) is 22.8 Å². The van der Waals surface area contributed by atoms with Gasteiger partial charge in [-0.05, 0) is 17.5 Å². The van der Waals surface area contributed by atoms with Crippen LogP contribution in [0.15, 0.2) is 69.5 Å². The Kier molecular flexibility index (Phi) is 6.23. The van der Waals surface area contributed by atoms with Crippen LogP contribution in [0.25, 0.3) is 0 Å². The first-order chi connectivity index (χ1) is 13.0. The smallest absolute Gasteiger partial charge is 0.268 e. The summed E-state index contributed by atoms with van der Waals surface area (Å²) >= 11 is 18.2. The second kappa shape index (κ2) is 8.45. The van der Waals surface area contributed by atoms with Crippen LogP contribution in [-0.4, -0.2) is 11.5 Å². The number of nitriles is 1. The normalized spacial score (nSPS) is 12.7. The topological polar surface area (TPSA) is 62.2 Å². The minimum atomic E-state index is -1.73. The van der Waals surface area contributed by atoms with Crippen molar-refractivity contribution in [2.24, 2.45) is 4.99 Å². The van der Waals surface area contributed by atoms with Gasteiger partial charge in [-0.15, -0.1) is 0 Å². The average Bonchev–Trinajstić information content (AvgIpc) is 3.16. The van der Waals surface area contributed by atoms with Crippen LogP contribution in [0.5, 0.6) is 0 Å². The zero-order valence-corrected chi connectivity index (χ0v) is 17.1. The summed E-state index contributed by atoms with van der Waals surface area (Å²) in [5.41, 5.74) is 1.01. The molecule has 0 bridgehead atoms. The molecule has 0 aliphatic carbocycles. The van der Waals surface area contributed by atoms with Crippen molar-refractivity contribution in [3.63, 3.8) is 0 Å². The first-order valence-electron chi connectivity index (χ1n) is 8.03. The second-order valence-corrected chi connectivity index (χ2v) is 8.72. The molecular weight excluding hydrogens is 425 g/mol. The van der Waals surface area contributed by atoms with Gasteiger partial charge in [0.1, 0.15) is 5.41 Å². The molecule has 0 unspecified atom stereocenters. The molecule has 0 aliphatic rings. The Labute approximate surface area is 175 Å². The van der Waals surface area contributed by atoms with Crippen molar-refractivity contribution >= 4 is 46.4 Å². The lowest BCUT2D eigenvalue weighted by atomic mass is 9.73. The van der Waals surface area contributed by atoms with Crippen LogP contribution < -0.4 is 4.80 Å². The number of halogens is 3. The Balaban J connectivity index is 1.93. The Morgan fingerprint density at radius 1 is 1.00 bits per heavy atom. The third-order valence-corrected chi connectivity index (χ3v) is 5.19. The van der Waals surface area contributed by atoms with Crippen molar-refractivity contribution in [2.75, 3.05) is 6.54 Å². The fraction of sp³-hybridized carbons (Fsp3) is 0.211. The summed E-state index contributed by atoms with van der Waals surface area (Å²) in [4.78, 5) is 8.85. The summed E-state index contributed by atoms with van der Waals surface area (Å²) in [6, 6.07) is 21.9. The van der Waals surface area contributed by atoms with Gasteiger partial charge in [0, 0.05) is 6.54 Å². The van der Waals surface area contributed by atoms with Gasteiger partial charge in [0.15, 0.2) is 0 Å². The van der Waals surface area contributed by atoms with Crippen molar-refractivity contribution in [3.05, 3.63) is 82.5 Å². The second-order valence-electron chi connectivity index (χ2n) is 5.74. The molecule has 0 amide bonds. The summed E-state index contributed by atoms with van der Waals surface area (Å²) in [7, 11) is 0. The van der Waals surface area contributed by atoms with Crippen LogP contribution in [-0.2, 0) is 9.21 Å². The molecular formula is C19H14Cl3N3OS. The van der Waals surface area contributed by atoms with Gasteiger partial charge in [0.05, 0.1) is 17.7 Å². The molecule has 0 atom stereocenters. The van der Waals surface area contributed by atoms with Gasteiger partial charge < -0.3 is 3.85 Å². The van der Waals surface area contributed by atoms with E-state index in [1.165, 1.54) is 0 Å². The number of hydrogen-bond acceptors (Lipinski definition) is 5. The fourth-order valence-corrected chi connectivity index (χ4v) is 3.74. The van der Waals surface area contributed by atoms with Gasteiger partial charge in [0.2, 0.25) is 4.80 Å². The van der Waals surface area contributed by atoms with Crippen LogP contribution >= 0.6 is 46.4 Å². The van der Waals surface area contributed by atoms with Gasteiger partial charge >= 0.3 is 0 Å². The molecule has 1 heterocycles. The number of nitrogens with zero attached hydrogens (tertiary/aromatic N) is 3. The number of aromatic nitrogens is 1. The van der Waals surface area contributed by atoms with Crippen LogP contribution in [0, 0.1) is 11.3 Å². The van der Waals surface area contributed by atoms with E-state index in [1.807, 2.05) is 60.7 Å². The van der Waals surface area contributed by atoms with E-state index in [1.54, 1.807) is 0 Å². The van der Waals surface area contributed by atoms with Gasteiger partial charge in [-0.2, -0.15) is 10.2 Å². The standard InChI is InChI=1S/C19H14Cl3N3OS/c20-19(21,22)16-25-17(27-26-16)24-12-11-18(13-23,14-7-3-1-4-8-14)15-9-5-2-6-10-15/h1-10H,11-12H2. The lowest BCUT2D eigenvalue weighted by Crippen LogP contribution is -2.27. The van der Waals surface area contributed by atoms with Crippen molar-refractivity contribution in [1.82, 2.24) is 4.98 Å². The summed E-state index contributed by atoms with van der Waals surface area (Å²) in [5, 5.41) is 10.1. The fourth-order valence-electron chi connectivity index (χ4n) is 2.78. The lowest BCUT2D eigenvalue weighted by Gasteiger charge is -2.27. The average molecular weight is 439 g/mol. The molecule has 3 aromatic rings. The minimum Gasteiger partial charge on any atom is -0.378 e. The zero-order valence-electron chi connectivity index (χ0n) is 14.0. The molecule has 2 aromatic carbocycles. The molecule has 0 aliphatic heterocycles. The highest BCUT2D eigenvalue weighted by molar-refractivity contribution is 7.00. The van der Waals surface area contributed by atoms with Crippen LogP contribution in [0.2, 0.25) is 0 Å². The Morgan fingerprint density at radius 3 is 2.00 bits per heavy atom. The number of rotatable bonds is 5. The van der Waals surface area contributed by atoms with E-state index in [0.29, 0.717) is 17.8 Å². The largest absolute Gasteiger partial charge is 0.378 e. The van der Waals surface area contributed by atoms with Crippen LogP contribution in [0.4, 0.5) is 0 Å². The summed E-state index contributed by atoms with van der Waals surface area (Å²) in [5.74, 6) is -0.0195. The lowest BCUT2D eigenvalue weighted by molar-refractivity contribution is 0.592. The van der Waals surface area contributed by atoms with Gasteiger partial charge in [0.25, 0.3) is 9.68 Å². The maximum Gasteiger partial charge on any atom is 0.268 e. The molecule has 0 saturated carbocycles. The molecule has 0 fully saturated rings. The Morgan fingerprint density at radius 2 is 1.56 bits per heavy atom. The van der Waals surface area contributed by atoms with Crippen molar-refractivity contribution in [3.8, 4) is 6.07 Å². The monoisotopic (exact) mass is 437 g/mol. The third-order valence-electron chi connectivity index (χ3n) is 4.09. The van der Waals surface area contributed by atoms with E-state index in [9.17, 15) is 5.26 Å². The Bertz CT molecular complexity index is 949.